The number of halogens is 1. The molecular weight excluding hydrogens is 514 g/mol. The van der Waals surface area contributed by atoms with Gasteiger partial charge in [0, 0.05) is 30.6 Å². The second-order valence-corrected chi connectivity index (χ2v) is 11.3. The molecule has 0 spiro atoms. The summed E-state index contributed by atoms with van der Waals surface area (Å²) in [6, 6.07) is 13.3. The number of carbonyl (C=O) groups excluding carboxylic acids is 2. The van der Waals surface area contributed by atoms with Crippen LogP contribution in [0.4, 0.5) is 5.69 Å². The van der Waals surface area contributed by atoms with Gasteiger partial charge in [-0.15, -0.1) is 0 Å². The maximum absolute atomic E-state index is 13.5. The Balaban J connectivity index is 2.26. The molecule has 1 N–H and O–H groups in total. The van der Waals surface area contributed by atoms with Crippen molar-refractivity contribution in [2.24, 2.45) is 0 Å². The molecule has 0 saturated heterocycles. The second-order valence-electron chi connectivity index (χ2n) is 8.97. The fraction of sp³-hybridized carbons (Fsp3) is 0.481. The predicted molar refractivity (Wildman–Crippen MR) is 148 cm³/mol. The summed E-state index contributed by atoms with van der Waals surface area (Å²) in [5.41, 5.74) is 1.14. The van der Waals surface area contributed by atoms with Crippen molar-refractivity contribution >= 4 is 39.1 Å². The standard InChI is InChI=1S/C27H38ClN3O5S/c1-6-20(3)29-27(33)23(7-2)30(19-21-13-8-9-14-22(21)28)26(32)17-12-18-31(37(5,34)35)24-15-10-11-16-25(24)36-4/h8-11,13-16,20,23H,6-7,12,17-19H2,1-5H3,(H,29,33)/t20-,23+/m1/s1. The van der Waals surface area contributed by atoms with E-state index in [-0.39, 0.29) is 43.8 Å². The summed E-state index contributed by atoms with van der Waals surface area (Å²) in [5.74, 6) is -0.0454. The van der Waals surface area contributed by atoms with Gasteiger partial charge in [0.25, 0.3) is 0 Å². The van der Waals surface area contributed by atoms with Gasteiger partial charge in [0.1, 0.15) is 11.8 Å². The molecule has 0 radical (unpaired) electrons. The molecule has 0 aliphatic heterocycles. The molecule has 2 amide bonds. The van der Waals surface area contributed by atoms with Crippen LogP contribution in [0, 0.1) is 0 Å². The Kier molecular flexibility index (Phi) is 11.7. The van der Waals surface area contributed by atoms with E-state index >= 15 is 0 Å². The van der Waals surface area contributed by atoms with E-state index in [9.17, 15) is 18.0 Å². The molecule has 204 valence electrons. The molecule has 0 unspecified atom stereocenters. The molecule has 10 heteroatoms. The zero-order chi connectivity index (χ0) is 27.6. The van der Waals surface area contributed by atoms with Crippen LogP contribution in [0.25, 0.3) is 0 Å². The molecule has 2 aromatic rings. The molecule has 0 aliphatic carbocycles. The summed E-state index contributed by atoms with van der Waals surface area (Å²) in [6.07, 6.45) is 2.63. The van der Waals surface area contributed by atoms with E-state index in [2.05, 4.69) is 5.32 Å². The number of hydrogen-bond acceptors (Lipinski definition) is 5. The lowest BCUT2D eigenvalue weighted by Gasteiger charge is -2.32. The van der Waals surface area contributed by atoms with E-state index in [4.69, 9.17) is 16.3 Å². The van der Waals surface area contributed by atoms with Crippen molar-refractivity contribution < 1.29 is 22.7 Å². The first kappa shape index (κ1) is 30.4. The van der Waals surface area contributed by atoms with Gasteiger partial charge in [-0.3, -0.25) is 13.9 Å². The van der Waals surface area contributed by atoms with Crippen molar-refractivity contribution in [3.8, 4) is 5.75 Å². The van der Waals surface area contributed by atoms with Gasteiger partial charge in [-0.2, -0.15) is 0 Å². The van der Waals surface area contributed by atoms with Crippen molar-refractivity contribution in [3.05, 3.63) is 59.1 Å². The Morgan fingerprint density at radius 3 is 2.30 bits per heavy atom. The van der Waals surface area contributed by atoms with Gasteiger partial charge in [0.15, 0.2) is 0 Å². The van der Waals surface area contributed by atoms with Gasteiger partial charge in [-0.05, 0) is 49.9 Å². The summed E-state index contributed by atoms with van der Waals surface area (Å²) in [7, 11) is -2.15. The summed E-state index contributed by atoms with van der Waals surface area (Å²) < 4.78 is 31.7. The smallest absolute Gasteiger partial charge is 0.243 e. The molecule has 2 aromatic carbocycles. The number of nitrogens with zero attached hydrogens (tertiary/aromatic N) is 2. The van der Waals surface area contributed by atoms with Gasteiger partial charge >= 0.3 is 0 Å². The number of sulfonamides is 1. The average molecular weight is 552 g/mol. The van der Waals surface area contributed by atoms with Gasteiger partial charge < -0.3 is 15.0 Å². The number of ether oxygens (including phenoxy) is 1. The Bertz CT molecular complexity index is 1160. The molecule has 0 fully saturated rings. The fourth-order valence-corrected chi connectivity index (χ4v) is 5.15. The molecular formula is C27H38ClN3O5S. The van der Waals surface area contributed by atoms with Crippen LogP contribution in [0.2, 0.25) is 5.02 Å². The molecule has 0 aliphatic rings. The maximum atomic E-state index is 13.5. The van der Waals surface area contributed by atoms with Gasteiger partial charge in [0.05, 0.1) is 19.1 Å². The van der Waals surface area contributed by atoms with E-state index in [1.807, 2.05) is 39.0 Å². The molecule has 0 saturated carbocycles. The zero-order valence-electron chi connectivity index (χ0n) is 22.2. The lowest BCUT2D eigenvalue weighted by molar-refractivity contribution is -0.141. The highest BCUT2D eigenvalue weighted by Gasteiger charge is 2.30. The lowest BCUT2D eigenvalue weighted by atomic mass is 10.1. The van der Waals surface area contributed by atoms with E-state index in [1.54, 1.807) is 35.2 Å². The predicted octanol–water partition coefficient (Wildman–Crippen LogP) is 4.62. The first-order chi connectivity index (χ1) is 17.5. The Hall–Kier alpha value is -2.78. The largest absolute Gasteiger partial charge is 0.495 e. The van der Waals surface area contributed by atoms with Crippen molar-refractivity contribution in [1.82, 2.24) is 10.2 Å². The summed E-state index contributed by atoms with van der Waals surface area (Å²) >= 11 is 6.38. The van der Waals surface area contributed by atoms with Crippen LogP contribution in [0.15, 0.2) is 48.5 Å². The average Bonchev–Trinajstić information content (AvgIpc) is 2.86. The first-order valence-electron chi connectivity index (χ1n) is 12.5. The topological polar surface area (TPSA) is 96.0 Å². The molecule has 2 rings (SSSR count). The van der Waals surface area contributed by atoms with E-state index in [0.717, 1.165) is 18.2 Å². The number of benzene rings is 2. The quantitative estimate of drug-likeness (QED) is 0.370. The van der Waals surface area contributed by atoms with Crippen LogP contribution < -0.4 is 14.4 Å². The molecule has 0 aromatic heterocycles. The van der Waals surface area contributed by atoms with Gasteiger partial charge in [0.2, 0.25) is 21.8 Å². The van der Waals surface area contributed by atoms with E-state index < -0.39 is 16.1 Å². The number of nitrogens with one attached hydrogen (secondary N) is 1. The third kappa shape index (κ3) is 8.64. The van der Waals surface area contributed by atoms with Crippen LogP contribution >= 0.6 is 11.6 Å². The molecule has 0 heterocycles. The molecule has 2 atom stereocenters. The lowest BCUT2D eigenvalue weighted by Crippen LogP contribution is -2.50. The monoisotopic (exact) mass is 551 g/mol. The van der Waals surface area contributed by atoms with Crippen LogP contribution in [0.1, 0.15) is 52.0 Å². The zero-order valence-corrected chi connectivity index (χ0v) is 23.8. The van der Waals surface area contributed by atoms with Crippen LogP contribution in [-0.4, -0.2) is 57.1 Å². The minimum Gasteiger partial charge on any atom is -0.495 e. The summed E-state index contributed by atoms with van der Waals surface area (Å²) in [6.45, 7) is 6.02. The number of hydrogen-bond donors (Lipinski definition) is 1. The van der Waals surface area contributed by atoms with Crippen molar-refractivity contribution in [1.29, 1.82) is 0 Å². The fourth-order valence-electron chi connectivity index (χ4n) is 3.99. The highest BCUT2D eigenvalue weighted by Crippen LogP contribution is 2.30. The van der Waals surface area contributed by atoms with E-state index in [0.29, 0.717) is 22.9 Å². The minimum atomic E-state index is -3.63. The number of rotatable bonds is 14. The SMILES string of the molecule is CC[C@@H](C)NC(=O)[C@H](CC)N(Cc1ccccc1Cl)C(=O)CCCN(c1ccccc1OC)S(C)(=O)=O. The summed E-state index contributed by atoms with van der Waals surface area (Å²) in [5, 5.41) is 3.49. The highest BCUT2D eigenvalue weighted by molar-refractivity contribution is 7.92. The number of para-hydroxylation sites is 2. The van der Waals surface area contributed by atoms with Gasteiger partial charge in [-0.1, -0.05) is 55.8 Å². The number of anilines is 1. The first-order valence-corrected chi connectivity index (χ1v) is 14.7. The summed E-state index contributed by atoms with van der Waals surface area (Å²) in [4.78, 5) is 28.2. The van der Waals surface area contributed by atoms with Crippen molar-refractivity contribution in [2.75, 3.05) is 24.2 Å². The Morgan fingerprint density at radius 2 is 1.70 bits per heavy atom. The number of amides is 2. The van der Waals surface area contributed by atoms with E-state index in [1.165, 1.54) is 11.4 Å². The Labute approximate surface area is 226 Å². The molecule has 37 heavy (non-hydrogen) atoms. The molecule has 8 nitrogen and oxygen atoms in total. The van der Waals surface area contributed by atoms with Crippen LogP contribution in [-0.2, 0) is 26.2 Å². The third-order valence-corrected chi connectivity index (χ3v) is 7.74. The number of carbonyl (C=O) groups is 2. The van der Waals surface area contributed by atoms with Crippen LogP contribution in [0.5, 0.6) is 5.75 Å². The number of methoxy groups -OCH3 is 1. The third-order valence-electron chi connectivity index (χ3n) is 6.19. The van der Waals surface area contributed by atoms with Crippen molar-refractivity contribution in [3.63, 3.8) is 0 Å². The van der Waals surface area contributed by atoms with Gasteiger partial charge in [-0.25, -0.2) is 8.42 Å². The van der Waals surface area contributed by atoms with Crippen LogP contribution in [0.3, 0.4) is 0 Å². The normalized spacial score (nSPS) is 12.9. The maximum Gasteiger partial charge on any atom is 0.243 e. The highest BCUT2D eigenvalue weighted by atomic mass is 35.5. The second kappa shape index (κ2) is 14.2. The van der Waals surface area contributed by atoms with Crippen molar-refractivity contribution in [2.45, 2.75) is 65.1 Å². The molecule has 0 bridgehead atoms. The minimum absolute atomic E-state index is 0.0250. The Morgan fingerprint density at radius 1 is 1.05 bits per heavy atom.